The molecular formula is C19H29N3O4S. The molecule has 2 aliphatic rings. The molecule has 0 bridgehead atoms. The Balaban J connectivity index is 1.60. The van der Waals surface area contributed by atoms with Crippen molar-refractivity contribution < 1.29 is 17.9 Å². The molecule has 7 nitrogen and oxygen atoms in total. The van der Waals surface area contributed by atoms with Crippen LogP contribution in [-0.2, 0) is 14.8 Å². The first-order valence-electron chi connectivity index (χ1n) is 9.61. The van der Waals surface area contributed by atoms with E-state index in [9.17, 15) is 13.2 Å². The maximum atomic E-state index is 12.8. The zero-order valence-corrected chi connectivity index (χ0v) is 16.9. The number of carbonyl (C=O) groups excluding carboxylic acids is 1. The van der Waals surface area contributed by atoms with Gasteiger partial charge < -0.3 is 9.64 Å². The van der Waals surface area contributed by atoms with Crippen LogP contribution in [0.25, 0.3) is 0 Å². The van der Waals surface area contributed by atoms with E-state index in [1.165, 1.54) is 12.1 Å². The quantitative estimate of drug-likeness (QED) is 0.786. The largest absolute Gasteiger partial charge is 0.377 e. The first-order chi connectivity index (χ1) is 12.8. The number of hydrogen-bond donors (Lipinski definition) is 1. The molecule has 2 aliphatic heterocycles. The molecule has 1 amide bonds. The number of rotatable bonds is 6. The van der Waals surface area contributed by atoms with Crippen molar-refractivity contribution in [2.24, 2.45) is 0 Å². The van der Waals surface area contributed by atoms with Gasteiger partial charge in [-0.1, -0.05) is 6.07 Å². The topological polar surface area (TPSA) is 79.0 Å². The van der Waals surface area contributed by atoms with Gasteiger partial charge in [0.1, 0.15) is 0 Å². The van der Waals surface area contributed by atoms with Crippen molar-refractivity contribution in [2.45, 2.75) is 43.7 Å². The molecule has 0 aliphatic carbocycles. The lowest BCUT2D eigenvalue weighted by Gasteiger charge is -2.35. The zero-order chi connectivity index (χ0) is 19.4. The van der Waals surface area contributed by atoms with Crippen molar-refractivity contribution in [1.29, 1.82) is 0 Å². The summed E-state index contributed by atoms with van der Waals surface area (Å²) in [5.74, 6) is -0.117. The van der Waals surface area contributed by atoms with Crippen LogP contribution >= 0.6 is 0 Å². The van der Waals surface area contributed by atoms with Crippen molar-refractivity contribution in [3.05, 3.63) is 29.8 Å². The summed E-state index contributed by atoms with van der Waals surface area (Å²) in [5.41, 5.74) is 0.411. The number of carbonyl (C=O) groups is 1. The highest BCUT2D eigenvalue weighted by Crippen LogP contribution is 2.17. The molecule has 1 N–H and O–H groups in total. The lowest BCUT2D eigenvalue weighted by atomic mass is 10.1. The van der Waals surface area contributed by atoms with Crippen molar-refractivity contribution in [3.63, 3.8) is 0 Å². The van der Waals surface area contributed by atoms with Crippen LogP contribution in [0, 0.1) is 0 Å². The summed E-state index contributed by atoms with van der Waals surface area (Å²) >= 11 is 0. The summed E-state index contributed by atoms with van der Waals surface area (Å²) in [4.78, 5) is 17.1. The SMILES string of the molecule is CC(C)NS(=O)(=O)c1cccc(C(=O)N2CCN(CC3CCCO3)CC2)c1. The second kappa shape index (κ2) is 8.68. The Morgan fingerprint density at radius 2 is 2.00 bits per heavy atom. The molecule has 27 heavy (non-hydrogen) atoms. The number of ether oxygens (including phenoxy) is 1. The van der Waals surface area contributed by atoms with E-state index in [1.807, 2.05) is 0 Å². The fourth-order valence-corrected chi connectivity index (χ4v) is 4.86. The van der Waals surface area contributed by atoms with Crippen LogP contribution in [0.5, 0.6) is 0 Å². The Bertz CT molecular complexity index is 752. The number of sulfonamides is 1. The first-order valence-corrected chi connectivity index (χ1v) is 11.1. The Morgan fingerprint density at radius 3 is 2.63 bits per heavy atom. The second-order valence-corrected chi connectivity index (χ2v) is 9.25. The second-order valence-electron chi connectivity index (χ2n) is 7.53. The lowest BCUT2D eigenvalue weighted by molar-refractivity contribution is 0.0432. The molecule has 2 heterocycles. The van der Waals surface area contributed by atoms with Crippen molar-refractivity contribution in [2.75, 3.05) is 39.3 Å². The van der Waals surface area contributed by atoms with Gasteiger partial charge in [-0.05, 0) is 44.9 Å². The monoisotopic (exact) mass is 395 g/mol. The van der Waals surface area contributed by atoms with Gasteiger partial charge in [-0.3, -0.25) is 9.69 Å². The van der Waals surface area contributed by atoms with Gasteiger partial charge in [-0.25, -0.2) is 13.1 Å². The molecule has 2 saturated heterocycles. The third-order valence-electron chi connectivity index (χ3n) is 4.93. The van der Waals surface area contributed by atoms with Gasteiger partial charge in [0.2, 0.25) is 10.0 Å². The normalized spacial score (nSPS) is 21.7. The van der Waals surface area contributed by atoms with E-state index < -0.39 is 10.0 Å². The summed E-state index contributed by atoms with van der Waals surface area (Å²) in [7, 11) is -3.61. The highest BCUT2D eigenvalue weighted by Gasteiger charge is 2.26. The summed E-state index contributed by atoms with van der Waals surface area (Å²) in [5, 5.41) is 0. The van der Waals surface area contributed by atoms with E-state index in [1.54, 1.807) is 30.9 Å². The first kappa shape index (κ1) is 20.3. The molecule has 8 heteroatoms. The Hall–Kier alpha value is -1.48. The van der Waals surface area contributed by atoms with Gasteiger partial charge in [0.15, 0.2) is 0 Å². The zero-order valence-electron chi connectivity index (χ0n) is 16.1. The van der Waals surface area contributed by atoms with Gasteiger partial charge in [-0.2, -0.15) is 0 Å². The van der Waals surface area contributed by atoms with Crippen LogP contribution < -0.4 is 4.72 Å². The van der Waals surface area contributed by atoms with Gasteiger partial charge >= 0.3 is 0 Å². The minimum atomic E-state index is -3.61. The molecule has 1 unspecified atom stereocenters. The van der Waals surface area contributed by atoms with E-state index in [2.05, 4.69) is 9.62 Å². The van der Waals surface area contributed by atoms with Crippen LogP contribution in [0.3, 0.4) is 0 Å². The smallest absolute Gasteiger partial charge is 0.253 e. The fraction of sp³-hybridized carbons (Fsp3) is 0.632. The molecular weight excluding hydrogens is 366 g/mol. The molecule has 3 rings (SSSR count). The maximum absolute atomic E-state index is 12.8. The van der Waals surface area contributed by atoms with E-state index in [0.717, 1.165) is 39.1 Å². The number of benzene rings is 1. The predicted molar refractivity (Wildman–Crippen MR) is 103 cm³/mol. The highest BCUT2D eigenvalue weighted by molar-refractivity contribution is 7.89. The summed E-state index contributed by atoms with van der Waals surface area (Å²) < 4.78 is 32.9. The van der Waals surface area contributed by atoms with Crippen LogP contribution in [0.4, 0.5) is 0 Å². The molecule has 0 spiro atoms. The lowest BCUT2D eigenvalue weighted by Crippen LogP contribution is -2.50. The Labute approximate surface area is 161 Å². The van der Waals surface area contributed by atoms with Gasteiger partial charge in [0.25, 0.3) is 5.91 Å². The molecule has 0 radical (unpaired) electrons. The standard InChI is InChI=1S/C19H29N3O4S/c1-15(2)20-27(24,25)18-7-3-5-16(13-18)19(23)22-10-8-21(9-11-22)14-17-6-4-12-26-17/h3,5,7,13,15,17,20H,4,6,8-12,14H2,1-2H3. The van der Waals surface area contributed by atoms with Crippen molar-refractivity contribution in [1.82, 2.24) is 14.5 Å². The average molecular weight is 396 g/mol. The van der Waals surface area contributed by atoms with E-state index in [-0.39, 0.29) is 16.8 Å². The third kappa shape index (κ3) is 5.28. The molecule has 150 valence electrons. The molecule has 1 aromatic carbocycles. The van der Waals surface area contributed by atoms with E-state index in [4.69, 9.17) is 4.74 Å². The molecule has 1 atom stereocenters. The van der Waals surface area contributed by atoms with E-state index in [0.29, 0.717) is 24.8 Å². The third-order valence-corrected chi connectivity index (χ3v) is 6.58. The Kier molecular flexibility index (Phi) is 6.52. The van der Waals surface area contributed by atoms with Gasteiger partial charge in [0, 0.05) is 50.9 Å². The van der Waals surface area contributed by atoms with Gasteiger partial charge in [0.05, 0.1) is 11.0 Å². The summed E-state index contributed by atoms with van der Waals surface area (Å²) in [6.07, 6.45) is 2.57. The number of nitrogens with zero attached hydrogens (tertiary/aromatic N) is 2. The minimum Gasteiger partial charge on any atom is -0.377 e. The maximum Gasteiger partial charge on any atom is 0.253 e. The van der Waals surface area contributed by atoms with Crippen LogP contribution in [0.1, 0.15) is 37.0 Å². The molecule has 0 saturated carbocycles. The fourth-order valence-electron chi connectivity index (χ4n) is 3.57. The number of nitrogens with one attached hydrogen (secondary N) is 1. The van der Waals surface area contributed by atoms with E-state index >= 15 is 0 Å². The van der Waals surface area contributed by atoms with Gasteiger partial charge in [-0.15, -0.1) is 0 Å². The molecule has 2 fully saturated rings. The summed E-state index contributed by atoms with van der Waals surface area (Å²) in [6, 6.07) is 6.07. The van der Waals surface area contributed by atoms with Crippen LogP contribution in [-0.4, -0.2) is 75.6 Å². The van der Waals surface area contributed by atoms with Crippen molar-refractivity contribution in [3.8, 4) is 0 Å². The van der Waals surface area contributed by atoms with Crippen LogP contribution in [0.2, 0.25) is 0 Å². The predicted octanol–water partition coefficient (Wildman–Crippen LogP) is 1.31. The number of piperazine rings is 1. The highest BCUT2D eigenvalue weighted by atomic mass is 32.2. The Morgan fingerprint density at radius 1 is 1.26 bits per heavy atom. The summed E-state index contributed by atoms with van der Waals surface area (Å²) in [6.45, 7) is 8.24. The molecule has 1 aromatic rings. The minimum absolute atomic E-state index is 0.117. The molecule has 0 aromatic heterocycles. The number of hydrogen-bond acceptors (Lipinski definition) is 5. The number of amides is 1. The average Bonchev–Trinajstić information content (AvgIpc) is 3.14. The van der Waals surface area contributed by atoms with Crippen molar-refractivity contribution >= 4 is 15.9 Å². The van der Waals surface area contributed by atoms with Crippen LogP contribution in [0.15, 0.2) is 29.2 Å².